The summed E-state index contributed by atoms with van der Waals surface area (Å²) in [6.07, 6.45) is 1.64. The van der Waals surface area contributed by atoms with Gasteiger partial charge in [-0.2, -0.15) is 9.38 Å². The molecule has 3 aromatic heterocycles. The van der Waals surface area contributed by atoms with Crippen LogP contribution < -0.4 is 5.32 Å². The first-order valence-corrected chi connectivity index (χ1v) is 8.43. The Hall–Kier alpha value is -3.42. The van der Waals surface area contributed by atoms with Gasteiger partial charge in [-0.25, -0.2) is 4.98 Å². The third-order valence-corrected chi connectivity index (χ3v) is 4.42. The van der Waals surface area contributed by atoms with Crippen LogP contribution in [-0.4, -0.2) is 23.9 Å². The molecule has 132 valence electrons. The lowest BCUT2D eigenvalue weighted by atomic mass is 10.3. The normalized spacial score (nSPS) is 12.5. The van der Waals surface area contributed by atoms with E-state index >= 15 is 0 Å². The highest BCUT2D eigenvalue weighted by Gasteiger charge is 2.25. The van der Waals surface area contributed by atoms with Gasteiger partial charge in [-0.05, 0) is 37.0 Å². The van der Waals surface area contributed by atoms with Crippen LogP contribution in [0.3, 0.4) is 0 Å². The van der Waals surface area contributed by atoms with Gasteiger partial charge in [0.25, 0.3) is 0 Å². The predicted molar refractivity (Wildman–Crippen MR) is 99.3 cm³/mol. The van der Waals surface area contributed by atoms with Crippen LogP contribution in [0.25, 0.3) is 16.7 Å². The van der Waals surface area contributed by atoms with Gasteiger partial charge in [0.1, 0.15) is 5.82 Å². The number of nitrogens with zero attached hydrogens (tertiary/aromatic N) is 5. The molecule has 1 atom stereocenters. The maximum Gasteiger partial charge on any atom is 0.372 e. The molecule has 0 aliphatic heterocycles. The molecule has 0 bridgehead atoms. The predicted octanol–water partition coefficient (Wildman–Crippen LogP) is 3.79. The fraction of sp³-hybridized carbons (Fsp3) is 0.222. The summed E-state index contributed by atoms with van der Waals surface area (Å²) < 4.78 is 3.58. The highest BCUT2D eigenvalue weighted by molar-refractivity contribution is 5.76. The second kappa shape index (κ2) is 6.14. The van der Waals surface area contributed by atoms with E-state index in [0.29, 0.717) is 5.65 Å². The molecule has 8 heteroatoms. The van der Waals surface area contributed by atoms with Crippen LogP contribution in [0.15, 0.2) is 48.7 Å². The summed E-state index contributed by atoms with van der Waals surface area (Å²) in [5.74, 6) is 0.982. The first-order chi connectivity index (χ1) is 12.6. The molecule has 1 N–H and O–H groups in total. The van der Waals surface area contributed by atoms with Crippen LogP contribution >= 0.6 is 0 Å². The van der Waals surface area contributed by atoms with E-state index in [1.54, 1.807) is 24.4 Å². The summed E-state index contributed by atoms with van der Waals surface area (Å²) in [5.41, 5.74) is 2.48. The Labute approximate surface area is 149 Å². The van der Waals surface area contributed by atoms with Crippen molar-refractivity contribution in [3.05, 3.63) is 64.6 Å². The molecule has 0 radical (unpaired) electrons. The van der Waals surface area contributed by atoms with Crippen molar-refractivity contribution in [2.45, 2.75) is 26.4 Å². The number of para-hydroxylation sites is 2. The first-order valence-electron chi connectivity index (χ1n) is 8.43. The smallest absolute Gasteiger partial charge is 0.358 e. The Morgan fingerprint density at radius 3 is 2.73 bits per heavy atom. The van der Waals surface area contributed by atoms with E-state index in [2.05, 4.69) is 21.8 Å². The number of nitrogens with one attached hydrogen (secondary N) is 1. The maximum atomic E-state index is 11.6. The quantitative estimate of drug-likeness (QED) is 0.437. The number of aryl methyl sites for hydroxylation is 1. The third-order valence-electron chi connectivity index (χ3n) is 4.42. The summed E-state index contributed by atoms with van der Waals surface area (Å²) in [4.78, 5) is 20.2. The number of nitro groups is 1. The molecule has 0 saturated carbocycles. The fourth-order valence-corrected chi connectivity index (χ4v) is 3.28. The van der Waals surface area contributed by atoms with E-state index in [1.807, 2.05) is 31.2 Å². The fourth-order valence-electron chi connectivity index (χ4n) is 3.28. The van der Waals surface area contributed by atoms with E-state index in [1.165, 1.54) is 4.40 Å². The van der Waals surface area contributed by atoms with Crippen molar-refractivity contribution in [1.82, 2.24) is 18.9 Å². The van der Waals surface area contributed by atoms with Crippen LogP contribution in [0.4, 0.5) is 11.6 Å². The Morgan fingerprint density at radius 1 is 1.19 bits per heavy atom. The third kappa shape index (κ3) is 2.46. The molecule has 0 aliphatic rings. The van der Waals surface area contributed by atoms with Gasteiger partial charge >= 0.3 is 5.82 Å². The topological polar surface area (TPSA) is 90.3 Å². The highest BCUT2D eigenvalue weighted by Crippen LogP contribution is 2.29. The number of hydrogen-bond donors (Lipinski definition) is 1. The molecular formula is C18H18N6O2. The number of rotatable bonds is 5. The zero-order valence-corrected chi connectivity index (χ0v) is 14.5. The zero-order valence-electron chi connectivity index (χ0n) is 14.5. The van der Waals surface area contributed by atoms with Crippen LogP contribution in [0.2, 0.25) is 0 Å². The van der Waals surface area contributed by atoms with Crippen LogP contribution in [0.5, 0.6) is 0 Å². The maximum absolute atomic E-state index is 11.6. The lowest BCUT2D eigenvalue weighted by Crippen LogP contribution is -2.14. The molecule has 0 unspecified atom stereocenters. The van der Waals surface area contributed by atoms with Gasteiger partial charge in [0, 0.05) is 12.6 Å². The number of fused-ring (bicyclic) bond motifs is 2. The second-order valence-corrected chi connectivity index (χ2v) is 6.04. The molecule has 4 aromatic rings. The minimum absolute atomic E-state index is 0.0772. The number of hydrogen-bond acceptors (Lipinski definition) is 5. The van der Waals surface area contributed by atoms with Crippen LogP contribution in [0.1, 0.15) is 25.7 Å². The van der Waals surface area contributed by atoms with E-state index in [4.69, 9.17) is 4.98 Å². The van der Waals surface area contributed by atoms with Crippen LogP contribution in [0, 0.1) is 10.1 Å². The molecule has 0 spiro atoms. The number of pyridine rings is 1. The minimum Gasteiger partial charge on any atom is -0.358 e. The number of aromatic nitrogens is 4. The Kier molecular flexibility index (Phi) is 3.80. The van der Waals surface area contributed by atoms with E-state index < -0.39 is 4.92 Å². The molecule has 0 fully saturated rings. The Balaban J connectivity index is 1.77. The van der Waals surface area contributed by atoms with Gasteiger partial charge in [0.2, 0.25) is 11.5 Å². The summed E-state index contributed by atoms with van der Waals surface area (Å²) >= 11 is 0. The van der Waals surface area contributed by atoms with Crippen molar-refractivity contribution < 1.29 is 4.92 Å². The SMILES string of the molecule is CCn1c([C@H](C)Nc2nc3ccccn3c2[N+](=O)[O-])nc2ccccc21. The second-order valence-electron chi connectivity index (χ2n) is 6.04. The van der Waals surface area contributed by atoms with Gasteiger partial charge in [0.15, 0.2) is 0 Å². The van der Waals surface area contributed by atoms with E-state index in [-0.39, 0.29) is 17.7 Å². The molecule has 3 heterocycles. The largest absolute Gasteiger partial charge is 0.372 e. The van der Waals surface area contributed by atoms with E-state index in [9.17, 15) is 10.1 Å². The first kappa shape index (κ1) is 16.1. The molecule has 26 heavy (non-hydrogen) atoms. The van der Waals surface area contributed by atoms with Crippen molar-refractivity contribution in [3.63, 3.8) is 0 Å². The standard InChI is InChI=1S/C18H18N6O2/c1-3-22-14-9-5-4-8-13(14)20-17(22)12(2)19-16-18(24(25)26)23-11-7-6-10-15(23)21-16/h4-12,19H,3H2,1-2H3/t12-/m0/s1. The van der Waals surface area contributed by atoms with Gasteiger partial charge < -0.3 is 20.0 Å². The van der Waals surface area contributed by atoms with Gasteiger partial charge in [-0.1, -0.05) is 18.2 Å². The average molecular weight is 350 g/mol. The van der Waals surface area contributed by atoms with E-state index in [0.717, 1.165) is 23.4 Å². The lowest BCUT2D eigenvalue weighted by Gasteiger charge is -2.14. The van der Waals surface area contributed by atoms with Gasteiger partial charge in [0.05, 0.1) is 23.3 Å². The Morgan fingerprint density at radius 2 is 1.96 bits per heavy atom. The molecular weight excluding hydrogens is 332 g/mol. The van der Waals surface area contributed by atoms with Gasteiger partial charge in [-0.15, -0.1) is 0 Å². The summed E-state index contributed by atoms with van der Waals surface area (Å²) in [6, 6.07) is 13.0. The summed E-state index contributed by atoms with van der Waals surface area (Å²) in [7, 11) is 0. The molecule has 0 amide bonds. The molecule has 1 aromatic carbocycles. The van der Waals surface area contributed by atoms with Crippen molar-refractivity contribution in [3.8, 4) is 0 Å². The number of imidazole rings is 2. The van der Waals surface area contributed by atoms with Crippen LogP contribution in [-0.2, 0) is 6.54 Å². The lowest BCUT2D eigenvalue weighted by molar-refractivity contribution is -0.389. The summed E-state index contributed by atoms with van der Waals surface area (Å²) in [6.45, 7) is 4.74. The number of anilines is 1. The van der Waals surface area contributed by atoms with Crippen molar-refractivity contribution in [2.24, 2.45) is 0 Å². The molecule has 0 aliphatic carbocycles. The van der Waals surface area contributed by atoms with Crippen molar-refractivity contribution in [2.75, 3.05) is 5.32 Å². The average Bonchev–Trinajstić information content (AvgIpc) is 3.19. The highest BCUT2D eigenvalue weighted by atomic mass is 16.6. The molecule has 4 rings (SSSR count). The molecule has 0 saturated heterocycles. The zero-order chi connectivity index (χ0) is 18.3. The van der Waals surface area contributed by atoms with Gasteiger partial charge in [-0.3, -0.25) is 0 Å². The summed E-state index contributed by atoms with van der Waals surface area (Å²) in [5, 5.41) is 14.7. The van der Waals surface area contributed by atoms with Crippen molar-refractivity contribution >= 4 is 28.3 Å². The molecule has 8 nitrogen and oxygen atoms in total. The van der Waals surface area contributed by atoms with Crippen molar-refractivity contribution in [1.29, 1.82) is 0 Å². The Bertz CT molecular complexity index is 1110. The monoisotopic (exact) mass is 350 g/mol. The number of benzene rings is 1. The minimum atomic E-state index is -0.419.